The Labute approximate surface area is 197 Å². The van der Waals surface area contributed by atoms with Crippen molar-refractivity contribution < 1.29 is 23.9 Å². The predicted octanol–water partition coefficient (Wildman–Crippen LogP) is 3.59. The zero-order valence-electron chi connectivity index (χ0n) is 19.4. The first-order chi connectivity index (χ1) is 16.3. The second kappa shape index (κ2) is 7.19. The summed E-state index contributed by atoms with van der Waals surface area (Å²) in [4.78, 5) is 44.7. The van der Waals surface area contributed by atoms with Crippen molar-refractivity contribution >= 4 is 29.4 Å². The number of hydrogen-bond acceptors (Lipinski definition) is 6. The van der Waals surface area contributed by atoms with Crippen LogP contribution in [0.3, 0.4) is 0 Å². The lowest BCUT2D eigenvalue weighted by atomic mass is 9.79. The lowest BCUT2D eigenvalue weighted by Crippen LogP contribution is -2.47. The molecule has 0 radical (unpaired) electrons. The molecule has 174 valence electrons. The maximum Gasteiger partial charge on any atom is 0.240 e. The molecule has 2 aromatic carbocycles. The highest BCUT2D eigenvalue weighted by molar-refractivity contribution is 6.24. The summed E-state index contributed by atoms with van der Waals surface area (Å²) in [6.45, 7) is 6.45. The highest BCUT2D eigenvalue weighted by Gasteiger charge is 2.65. The molecule has 7 heteroatoms. The molecule has 0 aliphatic carbocycles. The summed E-state index contributed by atoms with van der Waals surface area (Å²) in [5, 5.41) is 0. The van der Waals surface area contributed by atoms with Crippen molar-refractivity contribution in [2.75, 3.05) is 18.1 Å². The minimum absolute atomic E-state index is 0.0424. The molecule has 0 unspecified atom stereocenters. The van der Waals surface area contributed by atoms with E-state index in [0.29, 0.717) is 30.4 Å². The van der Waals surface area contributed by atoms with Crippen molar-refractivity contribution in [3.05, 3.63) is 59.8 Å². The Morgan fingerprint density at radius 2 is 1.65 bits per heavy atom. The minimum atomic E-state index is -0.756. The van der Waals surface area contributed by atoms with E-state index in [-0.39, 0.29) is 23.6 Å². The third-order valence-electron chi connectivity index (χ3n) is 7.25. The van der Waals surface area contributed by atoms with Crippen LogP contribution in [-0.2, 0) is 14.4 Å². The first kappa shape index (κ1) is 21.0. The number of amides is 2. The lowest BCUT2D eigenvalue weighted by Gasteiger charge is -2.37. The average Bonchev–Trinajstić information content (AvgIpc) is 3.30. The number of hydrogen-bond donors (Lipinski definition) is 0. The highest BCUT2D eigenvalue weighted by Crippen LogP contribution is 2.54. The second-order valence-electron chi connectivity index (χ2n) is 10.3. The number of carbonyl (C=O) groups is 3. The van der Waals surface area contributed by atoms with Gasteiger partial charge in [0.1, 0.15) is 19.3 Å². The zero-order chi connectivity index (χ0) is 23.8. The van der Waals surface area contributed by atoms with Gasteiger partial charge in [-0.3, -0.25) is 14.4 Å². The fourth-order valence-corrected chi connectivity index (χ4v) is 5.73. The summed E-state index contributed by atoms with van der Waals surface area (Å²) in [5.41, 5.74) is 1.75. The highest BCUT2D eigenvalue weighted by atomic mass is 16.6. The van der Waals surface area contributed by atoms with Gasteiger partial charge in [0, 0.05) is 17.7 Å². The van der Waals surface area contributed by atoms with Gasteiger partial charge in [-0.15, -0.1) is 0 Å². The monoisotopic (exact) mass is 458 g/mol. The Kier molecular flexibility index (Phi) is 4.43. The van der Waals surface area contributed by atoms with Gasteiger partial charge in [0.2, 0.25) is 11.8 Å². The molecule has 2 fully saturated rings. The van der Waals surface area contributed by atoms with E-state index in [4.69, 9.17) is 9.47 Å². The topological polar surface area (TPSA) is 76.1 Å². The molecule has 0 aromatic heterocycles. The normalized spacial score (nSPS) is 26.9. The maximum atomic E-state index is 13.9. The van der Waals surface area contributed by atoms with Crippen molar-refractivity contribution in [1.82, 2.24) is 4.90 Å². The Bertz CT molecular complexity index is 1260. The van der Waals surface area contributed by atoms with Crippen molar-refractivity contribution in [3.63, 3.8) is 0 Å². The van der Waals surface area contributed by atoms with Crippen molar-refractivity contribution in [1.29, 1.82) is 0 Å². The number of fused-ring (bicyclic) bond motifs is 6. The molecule has 4 aliphatic heterocycles. The number of ketones is 1. The SMILES string of the molecule is CC(C)(C)C(=O)[C@@H]1[C@@H]2C(=O)N(c3ccc4c(c3)OCCO4)C(=O)[C@H]2[C@H]2c3ccccc3C=CN12. The third kappa shape index (κ3) is 2.85. The predicted molar refractivity (Wildman–Crippen MR) is 125 cm³/mol. The van der Waals surface area contributed by atoms with Crippen molar-refractivity contribution in [3.8, 4) is 11.5 Å². The van der Waals surface area contributed by atoms with Gasteiger partial charge < -0.3 is 14.4 Å². The number of nitrogens with zero attached hydrogens (tertiary/aromatic N) is 2. The molecule has 0 spiro atoms. The molecule has 0 saturated carbocycles. The van der Waals surface area contributed by atoms with Crippen LogP contribution in [0.25, 0.3) is 6.08 Å². The smallest absolute Gasteiger partial charge is 0.240 e. The third-order valence-corrected chi connectivity index (χ3v) is 7.25. The summed E-state index contributed by atoms with van der Waals surface area (Å²) < 4.78 is 11.3. The van der Waals surface area contributed by atoms with Crippen molar-refractivity contribution in [2.24, 2.45) is 17.3 Å². The number of ether oxygens (including phenoxy) is 2. The van der Waals surface area contributed by atoms with Crippen LogP contribution in [0, 0.1) is 17.3 Å². The van der Waals surface area contributed by atoms with E-state index in [1.165, 1.54) is 4.90 Å². The summed E-state index contributed by atoms with van der Waals surface area (Å²) in [6.07, 6.45) is 3.85. The van der Waals surface area contributed by atoms with E-state index in [1.54, 1.807) is 18.2 Å². The summed E-state index contributed by atoms with van der Waals surface area (Å²) in [5.74, 6) is -0.968. The Morgan fingerprint density at radius 1 is 0.941 bits per heavy atom. The van der Waals surface area contributed by atoms with E-state index in [2.05, 4.69) is 0 Å². The average molecular weight is 459 g/mol. The molecule has 4 aliphatic rings. The molecule has 6 rings (SSSR count). The quantitative estimate of drug-likeness (QED) is 0.641. The molecular weight excluding hydrogens is 432 g/mol. The molecule has 4 heterocycles. The van der Waals surface area contributed by atoms with Crippen LogP contribution in [0.1, 0.15) is 37.9 Å². The van der Waals surface area contributed by atoms with Gasteiger partial charge in [0.05, 0.1) is 23.6 Å². The zero-order valence-corrected chi connectivity index (χ0v) is 19.4. The van der Waals surface area contributed by atoms with Crippen LogP contribution in [0.5, 0.6) is 11.5 Å². The Balaban J connectivity index is 1.47. The summed E-state index contributed by atoms with van der Waals surface area (Å²) in [7, 11) is 0. The van der Waals surface area contributed by atoms with Gasteiger partial charge in [-0.05, 0) is 29.3 Å². The molecule has 7 nitrogen and oxygen atoms in total. The molecule has 34 heavy (non-hydrogen) atoms. The number of anilines is 1. The number of rotatable bonds is 2. The van der Waals surface area contributed by atoms with E-state index in [1.807, 2.05) is 62.2 Å². The van der Waals surface area contributed by atoms with Crippen LogP contribution in [-0.4, -0.2) is 41.8 Å². The van der Waals surface area contributed by atoms with Crippen LogP contribution in [0.4, 0.5) is 5.69 Å². The van der Waals surface area contributed by atoms with E-state index >= 15 is 0 Å². The number of imide groups is 1. The van der Waals surface area contributed by atoms with Crippen LogP contribution in [0.15, 0.2) is 48.7 Å². The maximum absolute atomic E-state index is 13.9. The first-order valence-corrected chi connectivity index (χ1v) is 11.6. The molecule has 0 N–H and O–H groups in total. The van der Waals surface area contributed by atoms with Gasteiger partial charge in [0.15, 0.2) is 17.3 Å². The second-order valence-corrected chi connectivity index (χ2v) is 10.3. The van der Waals surface area contributed by atoms with Crippen molar-refractivity contribution in [2.45, 2.75) is 32.9 Å². The number of carbonyl (C=O) groups excluding carboxylic acids is 3. The minimum Gasteiger partial charge on any atom is -0.486 e. The van der Waals surface area contributed by atoms with Crippen LogP contribution < -0.4 is 14.4 Å². The first-order valence-electron chi connectivity index (χ1n) is 11.6. The molecule has 2 saturated heterocycles. The van der Waals surface area contributed by atoms with E-state index in [9.17, 15) is 14.4 Å². The molecule has 2 aromatic rings. The fourth-order valence-electron chi connectivity index (χ4n) is 5.73. The van der Waals surface area contributed by atoms with Gasteiger partial charge >= 0.3 is 0 Å². The van der Waals surface area contributed by atoms with E-state index < -0.39 is 23.3 Å². The fraction of sp³-hybridized carbons (Fsp3) is 0.370. The number of benzene rings is 2. The molecular formula is C27H26N2O5. The molecule has 2 amide bonds. The molecule has 0 bridgehead atoms. The Hall–Kier alpha value is -3.61. The van der Waals surface area contributed by atoms with Gasteiger partial charge in [0.25, 0.3) is 0 Å². The van der Waals surface area contributed by atoms with Crippen LogP contribution >= 0.6 is 0 Å². The van der Waals surface area contributed by atoms with Crippen LogP contribution in [0.2, 0.25) is 0 Å². The lowest BCUT2D eigenvalue weighted by molar-refractivity contribution is -0.135. The number of Topliss-reactive ketones (excluding diaryl/α,β-unsaturated/α-hetero) is 1. The Morgan fingerprint density at radius 3 is 2.41 bits per heavy atom. The summed E-state index contributed by atoms with van der Waals surface area (Å²) in [6, 6.07) is 11.9. The summed E-state index contributed by atoms with van der Waals surface area (Å²) >= 11 is 0. The largest absolute Gasteiger partial charge is 0.486 e. The molecule has 4 atom stereocenters. The van der Waals surface area contributed by atoms with Gasteiger partial charge in [-0.1, -0.05) is 45.0 Å². The standard InChI is InChI=1S/C27H26N2O5/c1-27(2,3)24(30)23-21-20(22-17-7-5-4-6-15(17)10-11-28(22)23)25(31)29(26(21)32)16-8-9-18-19(14-16)34-13-12-33-18/h4-11,14,20-23H,12-13H2,1-3H3/t20-,21-,22-,23+/m1/s1. The van der Waals surface area contributed by atoms with E-state index in [0.717, 1.165) is 11.1 Å². The van der Waals surface area contributed by atoms with Gasteiger partial charge in [-0.25, -0.2) is 4.90 Å². The van der Waals surface area contributed by atoms with Gasteiger partial charge in [-0.2, -0.15) is 0 Å².